The van der Waals surface area contributed by atoms with Crippen LogP contribution in [0.3, 0.4) is 0 Å². The standard InChI is InChI=1S/C10H9FN4OS/c11-7-2-1-3-8(4-7)13-9(16)6-17-10-5-12-15-14-10/h1-5H,6H2,(H,13,16)(H,12,14,15). The quantitative estimate of drug-likeness (QED) is 0.812. The van der Waals surface area contributed by atoms with Crippen molar-refractivity contribution in [3.05, 3.63) is 36.3 Å². The highest BCUT2D eigenvalue weighted by atomic mass is 32.2. The van der Waals surface area contributed by atoms with Gasteiger partial charge in [0.05, 0.1) is 11.9 Å². The van der Waals surface area contributed by atoms with Gasteiger partial charge in [-0.05, 0) is 18.2 Å². The van der Waals surface area contributed by atoms with E-state index in [1.807, 2.05) is 0 Å². The van der Waals surface area contributed by atoms with Crippen LogP contribution in [0.5, 0.6) is 0 Å². The molecule has 0 bridgehead atoms. The number of carbonyl (C=O) groups is 1. The first-order chi connectivity index (χ1) is 8.24. The van der Waals surface area contributed by atoms with Crippen LogP contribution in [0.1, 0.15) is 0 Å². The number of nitrogens with one attached hydrogen (secondary N) is 2. The Morgan fingerprint density at radius 3 is 3.12 bits per heavy atom. The molecule has 0 atom stereocenters. The lowest BCUT2D eigenvalue weighted by molar-refractivity contribution is -0.113. The van der Waals surface area contributed by atoms with Crippen molar-refractivity contribution in [3.63, 3.8) is 0 Å². The highest BCUT2D eigenvalue weighted by Crippen LogP contribution is 2.14. The van der Waals surface area contributed by atoms with Gasteiger partial charge in [0.15, 0.2) is 0 Å². The van der Waals surface area contributed by atoms with Crippen LogP contribution in [0.2, 0.25) is 0 Å². The molecule has 2 rings (SSSR count). The highest BCUT2D eigenvalue weighted by Gasteiger charge is 2.05. The van der Waals surface area contributed by atoms with Crippen LogP contribution in [0.15, 0.2) is 35.5 Å². The van der Waals surface area contributed by atoms with Gasteiger partial charge in [-0.3, -0.25) is 4.79 Å². The van der Waals surface area contributed by atoms with Gasteiger partial charge in [-0.2, -0.15) is 10.3 Å². The maximum absolute atomic E-state index is 12.8. The predicted molar refractivity (Wildman–Crippen MR) is 62.1 cm³/mol. The Labute approximate surface area is 101 Å². The number of thioether (sulfide) groups is 1. The minimum Gasteiger partial charge on any atom is -0.325 e. The van der Waals surface area contributed by atoms with Crippen molar-refractivity contribution >= 4 is 23.4 Å². The Balaban J connectivity index is 1.85. The van der Waals surface area contributed by atoms with Crippen LogP contribution in [-0.4, -0.2) is 27.1 Å². The lowest BCUT2D eigenvalue weighted by atomic mass is 10.3. The summed E-state index contributed by atoms with van der Waals surface area (Å²) in [5, 5.41) is 13.1. The van der Waals surface area contributed by atoms with Crippen LogP contribution in [0.4, 0.5) is 10.1 Å². The molecule has 2 aromatic rings. The zero-order valence-electron chi connectivity index (χ0n) is 8.68. The number of aromatic amines is 1. The van der Waals surface area contributed by atoms with Crippen molar-refractivity contribution in [2.24, 2.45) is 0 Å². The molecule has 0 unspecified atom stereocenters. The molecule has 1 aromatic carbocycles. The third kappa shape index (κ3) is 3.56. The van der Waals surface area contributed by atoms with Crippen LogP contribution in [0.25, 0.3) is 0 Å². The maximum Gasteiger partial charge on any atom is 0.234 e. The van der Waals surface area contributed by atoms with Crippen LogP contribution < -0.4 is 5.32 Å². The second kappa shape index (κ2) is 5.44. The molecule has 0 aliphatic rings. The first-order valence-electron chi connectivity index (χ1n) is 4.78. The molecule has 0 spiro atoms. The zero-order chi connectivity index (χ0) is 12.1. The molecule has 0 aliphatic heterocycles. The maximum atomic E-state index is 12.8. The minimum atomic E-state index is -0.382. The van der Waals surface area contributed by atoms with E-state index in [9.17, 15) is 9.18 Å². The Morgan fingerprint density at radius 2 is 2.41 bits per heavy atom. The number of nitrogens with zero attached hydrogens (tertiary/aromatic N) is 2. The summed E-state index contributed by atoms with van der Waals surface area (Å²) in [6, 6.07) is 5.75. The number of hydrogen-bond acceptors (Lipinski definition) is 4. The van der Waals surface area contributed by atoms with E-state index in [0.717, 1.165) is 0 Å². The van der Waals surface area contributed by atoms with E-state index in [2.05, 4.69) is 20.7 Å². The van der Waals surface area contributed by atoms with Gasteiger partial charge >= 0.3 is 0 Å². The minimum absolute atomic E-state index is 0.197. The second-order valence-corrected chi connectivity index (χ2v) is 4.15. The molecule has 17 heavy (non-hydrogen) atoms. The van der Waals surface area contributed by atoms with E-state index in [-0.39, 0.29) is 17.5 Å². The van der Waals surface area contributed by atoms with E-state index in [4.69, 9.17) is 0 Å². The summed E-state index contributed by atoms with van der Waals surface area (Å²) >= 11 is 1.25. The van der Waals surface area contributed by atoms with Crippen LogP contribution in [0, 0.1) is 5.82 Å². The van der Waals surface area contributed by atoms with Crippen molar-refractivity contribution in [1.29, 1.82) is 0 Å². The average Bonchev–Trinajstić information content (AvgIpc) is 2.79. The molecule has 0 saturated heterocycles. The fraction of sp³-hybridized carbons (Fsp3) is 0.100. The SMILES string of the molecule is O=C(CSc1cn[nH]n1)Nc1cccc(F)c1. The first kappa shape index (κ1) is 11.6. The number of benzene rings is 1. The molecule has 2 N–H and O–H groups in total. The molecule has 5 nitrogen and oxygen atoms in total. The van der Waals surface area contributed by atoms with Gasteiger partial charge in [0.25, 0.3) is 0 Å². The third-order valence-electron chi connectivity index (χ3n) is 1.85. The van der Waals surface area contributed by atoms with E-state index in [1.165, 1.54) is 36.2 Å². The fourth-order valence-electron chi connectivity index (χ4n) is 1.16. The third-order valence-corrected chi connectivity index (χ3v) is 2.75. The predicted octanol–water partition coefficient (Wildman–Crippen LogP) is 1.67. The molecule has 0 fully saturated rings. The van der Waals surface area contributed by atoms with Crippen molar-refractivity contribution < 1.29 is 9.18 Å². The molecule has 1 aromatic heterocycles. The number of amides is 1. The number of H-pyrrole nitrogens is 1. The topological polar surface area (TPSA) is 70.7 Å². The van der Waals surface area contributed by atoms with Crippen LogP contribution in [-0.2, 0) is 4.79 Å². The molecule has 0 radical (unpaired) electrons. The van der Waals surface area contributed by atoms with Gasteiger partial charge in [0.2, 0.25) is 5.91 Å². The summed E-state index contributed by atoms with van der Waals surface area (Å²) < 4.78 is 12.8. The summed E-state index contributed by atoms with van der Waals surface area (Å²) in [6.07, 6.45) is 1.53. The number of rotatable bonds is 4. The Bertz CT molecular complexity index is 503. The second-order valence-electron chi connectivity index (χ2n) is 3.16. The molecule has 7 heteroatoms. The highest BCUT2D eigenvalue weighted by molar-refractivity contribution is 7.99. The lowest BCUT2D eigenvalue weighted by Crippen LogP contribution is -2.14. The van der Waals surface area contributed by atoms with Crippen molar-refractivity contribution in [1.82, 2.24) is 15.4 Å². The lowest BCUT2D eigenvalue weighted by Gasteiger charge is -2.03. The van der Waals surface area contributed by atoms with Gasteiger partial charge < -0.3 is 5.32 Å². The number of carbonyl (C=O) groups excluding carboxylic acids is 1. The molecular weight excluding hydrogens is 243 g/mol. The number of halogens is 1. The van der Waals surface area contributed by atoms with E-state index in [0.29, 0.717) is 10.7 Å². The average molecular weight is 252 g/mol. The molecular formula is C10H9FN4OS. The molecule has 88 valence electrons. The molecule has 0 aliphatic carbocycles. The zero-order valence-corrected chi connectivity index (χ0v) is 9.50. The fourth-order valence-corrected chi connectivity index (χ4v) is 1.75. The smallest absolute Gasteiger partial charge is 0.234 e. The summed E-state index contributed by atoms with van der Waals surface area (Å²) in [7, 11) is 0. The Morgan fingerprint density at radius 1 is 1.53 bits per heavy atom. The van der Waals surface area contributed by atoms with Crippen molar-refractivity contribution in [3.8, 4) is 0 Å². The largest absolute Gasteiger partial charge is 0.325 e. The Kier molecular flexibility index (Phi) is 3.71. The summed E-state index contributed by atoms with van der Waals surface area (Å²) in [4.78, 5) is 11.5. The monoisotopic (exact) mass is 252 g/mol. The van der Waals surface area contributed by atoms with Crippen LogP contribution >= 0.6 is 11.8 Å². The van der Waals surface area contributed by atoms with Crippen molar-refractivity contribution in [2.75, 3.05) is 11.1 Å². The van der Waals surface area contributed by atoms with E-state index in [1.54, 1.807) is 6.07 Å². The van der Waals surface area contributed by atoms with E-state index >= 15 is 0 Å². The number of aromatic nitrogens is 3. The summed E-state index contributed by atoms with van der Waals surface area (Å²) in [5.74, 6) is -0.404. The van der Waals surface area contributed by atoms with Gasteiger partial charge in [-0.25, -0.2) is 4.39 Å². The molecule has 0 saturated carbocycles. The van der Waals surface area contributed by atoms with Gasteiger partial charge in [0.1, 0.15) is 10.8 Å². The van der Waals surface area contributed by atoms with Crippen molar-refractivity contribution in [2.45, 2.75) is 5.03 Å². The van der Waals surface area contributed by atoms with Gasteiger partial charge in [0, 0.05) is 5.69 Å². The number of hydrogen-bond donors (Lipinski definition) is 2. The molecule has 1 heterocycles. The van der Waals surface area contributed by atoms with Gasteiger partial charge in [-0.15, -0.1) is 5.10 Å². The number of anilines is 1. The molecule has 1 amide bonds. The van der Waals surface area contributed by atoms with E-state index < -0.39 is 0 Å². The van der Waals surface area contributed by atoms with Gasteiger partial charge in [-0.1, -0.05) is 17.8 Å². The summed E-state index contributed by atoms with van der Waals surface area (Å²) in [5.41, 5.74) is 0.441. The normalized spacial score (nSPS) is 10.2. The Hall–Kier alpha value is -1.89. The summed E-state index contributed by atoms with van der Waals surface area (Å²) in [6.45, 7) is 0. The first-order valence-corrected chi connectivity index (χ1v) is 5.76.